The monoisotopic (exact) mass is 420 g/mol. The highest BCUT2D eigenvalue weighted by molar-refractivity contribution is 6.99. The van der Waals surface area contributed by atoms with Crippen LogP contribution in [0.15, 0.2) is 60.7 Å². The number of fused-ring (bicyclic) bond motifs is 3. The van der Waals surface area contributed by atoms with Crippen molar-refractivity contribution in [3.05, 3.63) is 60.7 Å². The standard InChI is InChI=1S/C27H36O2Si/c1-22(28)27-18-15-26(16-19-27,17-20-27)21-29-30(25(2,3)4,23-11-7-5-8-12-23)24-13-9-6-10-14-24/h5-14H,15-21H2,1-4H3. The Bertz CT molecular complexity index is 818. The third-order valence-corrected chi connectivity index (χ3v) is 13.1. The molecule has 0 aromatic heterocycles. The number of Topliss-reactive ketones (excluding diaryl/α,β-unsaturated/α-hetero) is 1. The summed E-state index contributed by atoms with van der Waals surface area (Å²) < 4.78 is 7.27. The molecule has 0 unspecified atom stereocenters. The van der Waals surface area contributed by atoms with Crippen LogP contribution in [0.1, 0.15) is 66.2 Å². The average Bonchev–Trinajstić information content (AvgIpc) is 2.76. The number of hydrogen-bond donors (Lipinski definition) is 0. The van der Waals surface area contributed by atoms with Crippen molar-refractivity contribution in [3.63, 3.8) is 0 Å². The van der Waals surface area contributed by atoms with E-state index in [4.69, 9.17) is 4.43 Å². The first-order valence-corrected chi connectivity index (χ1v) is 13.4. The van der Waals surface area contributed by atoms with E-state index in [-0.39, 0.29) is 15.9 Å². The molecule has 0 saturated heterocycles. The number of benzene rings is 2. The van der Waals surface area contributed by atoms with Crippen molar-refractivity contribution in [3.8, 4) is 0 Å². The van der Waals surface area contributed by atoms with Crippen LogP contribution in [-0.4, -0.2) is 20.7 Å². The van der Waals surface area contributed by atoms with Crippen LogP contribution in [0, 0.1) is 10.8 Å². The lowest BCUT2D eigenvalue weighted by Gasteiger charge is -2.54. The first-order valence-electron chi connectivity index (χ1n) is 11.5. The van der Waals surface area contributed by atoms with Crippen molar-refractivity contribution < 1.29 is 9.22 Å². The molecule has 160 valence electrons. The van der Waals surface area contributed by atoms with Gasteiger partial charge in [0.05, 0.1) is 0 Å². The molecule has 2 aromatic rings. The molecule has 2 bridgehead atoms. The molecule has 3 heteroatoms. The van der Waals surface area contributed by atoms with Gasteiger partial charge in [0.1, 0.15) is 5.78 Å². The number of ketones is 1. The van der Waals surface area contributed by atoms with Crippen molar-refractivity contribution in [1.82, 2.24) is 0 Å². The Morgan fingerprint density at radius 2 is 1.27 bits per heavy atom. The second kappa shape index (κ2) is 7.76. The summed E-state index contributed by atoms with van der Waals surface area (Å²) in [6.45, 7) is 9.66. The van der Waals surface area contributed by atoms with Gasteiger partial charge < -0.3 is 4.43 Å². The van der Waals surface area contributed by atoms with Gasteiger partial charge in [-0.05, 0) is 66.3 Å². The van der Waals surface area contributed by atoms with Crippen molar-refractivity contribution in [2.24, 2.45) is 10.8 Å². The predicted octanol–water partition coefficient (Wildman–Crippen LogP) is 5.49. The van der Waals surface area contributed by atoms with E-state index in [1.54, 1.807) is 6.92 Å². The summed E-state index contributed by atoms with van der Waals surface area (Å²) in [6.07, 6.45) is 6.53. The van der Waals surface area contributed by atoms with Crippen molar-refractivity contribution in [2.45, 2.75) is 71.3 Å². The van der Waals surface area contributed by atoms with Crippen LogP contribution in [-0.2, 0) is 9.22 Å². The highest BCUT2D eigenvalue weighted by atomic mass is 28.4. The van der Waals surface area contributed by atoms with Gasteiger partial charge in [0.2, 0.25) is 0 Å². The lowest BCUT2D eigenvalue weighted by Crippen LogP contribution is -2.67. The molecule has 3 fully saturated rings. The molecule has 5 rings (SSSR count). The third kappa shape index (κ3) is 3.50. The molecular formula is C27H36O2Si. The van der Waals surface area contributed by atoms with E-state index in [1.807, 2.05) is 0 Å². The molecule has 0 atom stereocenters. The molecule has 2 nitrogen and oxygen atoms in total. The fourth-order valence-electron chi connectivity index (χ4n) is 6.03. The van der Waals surface area contributed by atoms with Crippen LogP contribution in [0.25, 0.3) is 0 Å². The van der Waals surface area contributed by atoms with Gasteiger partial charge in [-0.15, -0.1) is 0 Å². The lowest BCUT2D eigenvalue weighted by atomic mass is 9.53. The molecule has 0 aliphatic heterocycles. The normalized spacial score (nSPS) is 26.5. The van der Waals surface area contributed by atoms with Gasteiger partial charge in [-0.25, -0.2) is 0 Å². The van der Waals surface area contributed by atoms with Crippen molar-refractivity contribution >= 4 is 24.5 Å². The molecule has 3 aliphatic carbocycles. The van der Waals surface area contributed by atoms with Gasteiger partial charge in [-0.1, -0.05) is 81.4 Å². The first-order chi connectivity index (χ1) is 14.2. The highest BCUT2D eigenvalue weighted by Gasteiger charge is 2.54. The maximum absolute atomic E-state index is 12.3. The summed E-state index contributed by atoms with van der Waals surface area (Å²) in [5, 5.41) is 2.72. The Kier molecular flexibility index (Phi) is 5.57. The van der Waals surface area contributed by atoms with Gasteiger partial charge >= 0.3 is 0 Å². The van der Waals surface area contributed by atoms with Crippen LogP contribution in [0.5, 0.6) is 0 Å². The smallest absolute Gasteiger partial charge is 0.261 e. The molecule has 0 spiro atoms. The molecule has 0 N–H and O–H groups in total. The molecule has 3 aliphatic rings. The zero-order chi connectivity index (χ0) is 21.5. The number of rotatable bonds is 6. The SMILES string of the molecule is CC(=O)C12CCC(CO[Si](c3ccccc3)(c3ccccc3)C(C)(C)C)(CC1)CC2. The molecular weight excluding hydrogens is 384 g/mol. The maximum Gasteiger partial charge on any atom is 0.261 e. The van der Waals surface area contributed by atoms with Crippen molar-refractivity contribution in [2.75, 3.05) is 6.61 Å². The molecule has 3 saturated carbocycles. The third-order valence-electron chi connectivity index (χ3n) is 8.16. The van der Waals surface area contributed by atoms with Crippen LogP contribution >= 0.6 is 0 Å². The Morgan fingerprint density at radius 3 is 1.63 bits per heavy atom. The predicted molar refractivity (Wildman–Crippen MR) is 127 cm³/mol. The van der Waals surface area contributed by atoms with E-state index >= 15 is 0 Å². The van der Waals surface area contributed by atoms with Crippen LogP contribution in [0.3, 0.4) is 0 Å². The quantitative estimate of drug-likeness (QED) is 0.577. The minimum Gasteiger partial charge on any atom is -0.407 e. The van der Waals surface area contributed by atoms with Gasteiger partial charge in [0.15, 0.2) is 0 Å². The van der Waals surface area contributed by atoms with Crippen molar-refractivity contribution in [1.29, 1.82) is 0 Å². The Morgan fingerprint density at radius 1 is 0.833 bits per heavy atom. The van der Waals surface area contributed by atoms with Crippen LogP contribution in [0.2, 0.25) is 5.04 Å². The fraction of sp³-hybridized carbons (Fsp3) is 0.519. The van der Waals surface area contributed by atoms with Gasteiger partial charge in [0, 0.05) is 12.0 Å². The lowest BCUT2D eigenvalue weighted by molar-refractivity contribution is -0.137. The first kappa shape index (κ1) is 21.5. The zero-order valence-corrected chi connectivity index (χ0v) is 20.0. The summed E-state index contributed by atoms with van der Waals surface area (Å²) in [6, 6.07) is 21.9. The average molecular weight is 421 g/mol. The molecule has 0 amide bonds. The molecule has 2 aromatic carbocycles. The van der Waals surface area contributed by atoms with E-state index in [1.165, 1.54) is 10.4 Å². The van der Waals surface area contributed by atoms with Crippen LogP contribution < -0.4 is 10.4 Å². The van der Waals surface area contributed by atoms with Crippen LogP contribution in [0.4, 0.5) is 0 Å². The minimum absolute atomic E-state index is 0.0127. The Labute approximate surface area is 183 Å². The largest absolute Gasteiger partial charge is 0.407 e. The summed E-state index contributed by atoms with van der Waals surface area (Å²) in [7, 11) is -2.49. The highest BCUT2D eigenvalue weighted by Crippen LogP contribution is 2.57. The van der Waals surface area contributed by atoms with E-state index in [0.717, 1.165) is 45.1 Å². The molecule has 0 heterocycles. The maximum atomic E-state index is 12.3. The molecule has 30 heavy (non-hydrogen) atoms. The summed E-state index contributed by atoms with van der Waals surface area (Å²) in [4.78, 5) is 12.3. The Hall–Kier alpha value is -1.71. The van der Waals surface area contributed by atoms with E-state index < -0.39 is 8.32 Å². The van der Waals surface area contributed by atoms with E-state index in [2.05, 4.69) is 81.4 Å². The number of carbonyl (C=O) groups is 1. The van der Waals surface area contributed by atoms with E-state index in [9.17, 15) is 4.79 Å². The Balaban J connectivity index is 1.69. The fourth-order valence-corrected chi connectivity index (χ4v) is 10.7. The van der Waals surface area contributed by atoms with Gasteiger partial charge in [-0.2, -0.15) is 0 Å². The summed E-state index contributed by atoms with van der Waals surface area (Å²) in [5.74, 6) is 0.406. The number of carbonyl (C=O) groups excluding carboxylic acids is 1. The van der Waals surface area contributed by atoms with E-state index in [0.29, 0.717) is 5.78 Å². The minimum atomic E-state index is -2.49. The summed E-state index contributed by atoms with van der Waals surface area (Å²) in [5.41, 5.74) is 0.212. The zero-order valence-electron chi connectivity index (χ0n) is 19.0. The summed E-state index contributed by atoms with van der Waals surface area (Å²) >= 11 is 0. The van der Waals surface area contributed by atoms with Gasteiger partial charge in [-0.3, -0.25) is 4.79 Å². The second-order valence-electron chi connectivity index (χ2n) is 10.8. The number of hydrogen-bond acceptors (Lipinski definition) is 2. The molecule has 0 radical (unpaired) electrons. The second-order valence-corrected chi connectivity index (χ2v) is 15.1. The topological polar surface area (TPSA) is 26.3 Å². The van der Waals surface area contributed by atoms with Gasteiger partial charge in [0.25, 0.3) is 8.32 Å².